The van der Waals surface area contributed by atoms with Crippen LogP contribution in [0.1, 0.15) is 5.69 Å². The summed E-state index contributed by atoms with van der Waals surface area (Å²) in [6.07, 6.45) is 0. The number of ether oxygens (including phenoxy) is 1. The summed E-state index contributed by atoms with van der Waals surface area (Å²) in [6.45, 7) is 1.57. The topological polar surface area (TPSA) is 73.2 Å². The summed E-state index contributed by atoms with van der Waals surface area (Å²) >= 11 is 11.9. The lowest BCUT2D eigenvalue weighted by Crippen LogP contribution is -2.14. The molecule has 0 bridgehead atoms. The molecule has 2 rings (SSSR count). The van der Waals surface area contributed by atoms with E-state index in [1.165, 1.54) is 17.9 Å². The van der Waals surface area contributed by atoms with Crippen LogP contribution < -0.4 is 9.46 Å². The van der Waals surface area contributed by atoms with Crippen molar-refractivity contribution in [3.63, 3.8) is 0 Å². The SMILES string of the molecule is COc1ccc(Cl)cc1NS(=O)(=O)c1c(C)nn(C)c1Cl. The first-order valence-corrected chi connectivity index (χ1v) is 8.05. The van der Waals surface area contributed by atoms with Crippen LogP contribution in [0.3, 0.4) is 0 Å². The second-order valence-corrected chi connectivity index (χ2v) is 6.69. The number of sulfonamides is 1. The third-order valence-electron chi connectivity index (χ3n) is 2.77. The van der Waals surface area contributed by atoms with Gasteiger partial charge in [-0.1, -0.05) is 23.2 Å². The standard InChI is InChI=1S/C12H13Cl2N3O3S/c1-7-11(12(14)17(2)15-7)21(18,19)16-9-6-8(13)4-5-10(9)20-3/h4-6,16H,1-3H3. The number of nitrogens with zero attached hydrogens (tertiary/aromatic N) is 2. The van der Waals surface area contributed by atoms with Gasteiger partial charge in [0, 0.05) is 12.1 Å². The third-order valence-corrected chi connectivity index (χ3v) is 5.07. The Kier molecular flexibility index (Phi) is 4.36. The fourth-order valence-electron chi connectivity index (χ4n) is 1.87. The Hall–Kier alpha value is -1.44. The molecular weight excluding hydrogens is 337 g/mol. The number of aryl methyl sites for hydroxylation is 2. The van der Waals surface area contributed by atoms with Crippen molar-refractivity contribution in [1.82, 2.24) is 9.78 Å². The van der Waals surface area contributed by atoms with Gasteiger partial charge in [-0.15, -0.1) is 0 Å². The fraction of sp³-hybridized carbons (Fsp3) is 0.250. The average molecular weight is 350 g/mol. The fourth-order valence-corrected chi connectivity index (χ4v) is 3.86. The highest BCUT2D eigenvalue weighted by Gasteiger charge is 2.26. The zero-order valence-electron chi connectivity index (χ0n) is 11.5. The molecule has 9 heteroatoms. The van der Waals surface area contributed by atoms with Crippen LogP contribution in [-0.4, -0.2) is 25.3 Å². The Morgan fingerprint density at radius 3 is 2.52 bits per heavy atom. The van der Waals surface area contributed by atoms with Gasteiger partial charge in [0.05, 0.1) is 18.5 Å². The smallest absolute Gasteiger partial charge is 0.266 e. The van der Waals surface area contributed by atoms with Crippen molar-refractivity contribution in [3.8, 4) is 5.75 Å². The highest BCUT2D eigenvalue weighted by atomic mass is 35.5. The Morgan fingerprint density at radius 2 is 2.00 bits per heavy atom. The van der Waals surface area contributed by atoms with Gasteiger partial charge in [-0.25, -0.2) is 8.42 Å². The third kappa shape index (κ3) is 3.09. The van der Waals surface area contributed by atoms with E-state index >= 15 is 0 Å². The van der Waals surface area contributed by atoms with E-state index in [1.807, 2.05) is 0 Å². The van der Waals surface area contributed by atoms with Gasteiger partial charge in [-0.2, -0.15) is 5.10 Å². The Labute approximate surface area is 132 Å². The molecule has 1 aromatic carbocycles. The number of benzene rings is 1. The normalized spacial score (nSPS) is 11.5. The molecule has 0 amide bonds. The molecule has 21 heavy (non-hydrogen) atoms. The molecule has 114 valence electrons. The van der Waals surface area contributed by atoms with Gasteiger partial charge in [0.2, 0.25) is 0 Å². The lowest BCUT2D eigenvalue weighted by molar-refractivity contribution is 0.417. The minimum atomic E-state index is -3.91. The monoisotopic (exact) mass is 349 g/mol. The summed E-state index contributed by atoms with van der Waals surface area (Å²) in [5.41, 5.74) is 0.528. The van der Waals surface area contributed by atoms with E-state index in [2.05, 4.69) is 9.82 Å². The minimum absolute atomic E-state index is 0.0287. The lowest BCUT2D eigenvalue weighted by atomic mass is 10.3. The molecule has 0 radical (unpaired) electrons. The van der Waals surface area contributed by atoms with E-state index in [0.29, 0.717) is 16.5 Å². The van der Waals surface area contributed by atoms with Crippen LogP contribution in [0, 0.1) is 6.92 Å². The number of nitrogens with one attached hydrogen (secondary N) is 1. The van der Waals surface area contributed by atoms with E-state index in [-0.39, 0.29) is 15.7 Å². The summed E-state index contributed by atoms with van der Waals surface area (Å²) in [7, 11) is -0.909. The largest absolute Gasteiger partial charge is 0.495 e. The van der Waals surface area contributed by atoms with Gasteiger partial charge in [0.15, 0.2) is 0 Å². The van der Waals surface area contributed by atoms with E-state index in [0.717, 1.165) is 0 Å². The molecule has 0 saturated carbocycles. The van der Waals surface area contributed by atoms with E-state index < -0.39 is 10.0 Å². The Morgan fingerprint density at radius 1 is 1.33 bits per heavy atom. The van der Waals surface area contributed by atoms with Crippen molar-refractivity contribution in [1.29, 1.82) is 0 Å². The first kappa shape index (κ1) is 15.9. The molecule has 6 nitrogen and oxygen atoms in total. The molecule has 0 aliphatic heterocycles. The molecule has 0 atom stereocenters. The second kappa shape index (κ2) is 5.75. The van der Waals surface area contributed by atoms with E-state index in [1.54, 1.807) is 26.1 Å². The molecular formula is C12H13Cl2N3O3S. The van der Waals surface area contributed by atoms with Crippen LogP contribution in [0.5, 0.6) is 5.75 Å². The van der Waals surface area contributed by atoms with Crippen LogP contribution in [0.15, 0.2) is 23.1 Å². The summed E-state index contributed by atoms with van der Waals surface area (Å²) < 4.78 is 33.8. The van der Waals surface area contributed by atoms with E-state index in [9.17, 15) is 8.42 Å². The maximum absolute atomic E-state index is 12.5. The number of hydrogen-bond donors (Lipinski definition) is 1. The van der Waals surface area contributed by atoms with Crippen LogP contribution in [0.25, 0.3) is 0 Å². The molecule has 1 heterocycles. The predicted octanol–water partition coefficient (Wildman–Crippen LogP) is 2.84. The van der Waals surface area contributed by atoms with E-state index in [4.69, 9.17) is 27.9 Å². The number of anilines is 1. The molecule has 0 aliphatic carbocycles. The van der Waals surface area contributed by atoms with Crippen LogP contribution in [0.2, 0.25) is 10.2 Å². The summed E-state index contributed by atoms with van der Waals surface area (Å²) in [6, 6.07) is 4.62. The van der Waals surface area contributed by atoms with Crippen molar-refractivity contribution in [3.05, 3.63) is 34.1 Å². The molecule has 0 aliphatic rings. The van der Waals surface area contributed by atoms with Crippen molar-refractivity contribution < 1.29 is 13.2 Å². The second-order valence-electron chi connectivity index (χ2n) is 4.28. The van der Waals surface area contributed by atoms with Gasteiger partial charge >= 0.3 is 0 Å². The minimum Gasteiger partial charge on any atom is -0.495 e. The van der Waals surface area contributed by atoms with Crippen molar-refractivity contribution in [2.75, 3.05) is 11.8 Å². The highest BCUT2D eigenvalue weighted by Crippen LogP contribution is 2.32. The molecule has 1 aromatic heterocycles. The highest BCUT2D eigenvalue weighted by molar-refractivity contribution is 7.92. The van der Waals surface area contributed by atoms with Crippen molar-refractivity contribution >= 4 is 38.9 Å². The van der Waals surface area contributed by atoms with Gasteiger partial charge < -0.3 is 4.74 Å². The summed E-state index contributed by atoms with van der Waals surface area (Å²) in [5, 5.41) is 4.39. The maximum Gasteiger partial charge on any atom is 0.266 e. The van der Waals surface area contributed by atoms with Crippen molar-refractivity contribution in [2.24, 2.45) is 7.05 Å². The maximum atomic E-state index is 12.5. The van der Waals surface area contributed by atoms with Crippen LogP contribution in [-0.2, 0) is 17.1 Å². The number of rotatable bonds is 4. The number of halogens is 2. The molecule has 0 fully saturated rings. The summed E-state index contributed by atoms with van der Waals surface area (Å²) in [5.74, 6) is 0.348. The Balaban J connectivity index is 2.50. The quantitative estimate of drug-likeness (QED) is 0.920. The molecule has 1 N–H and O–H groups in total. The Bertz CT molecular complexity index is 787. The molecule has 0 unspecified atom stereocenters. The van der Waals surface area contributed by atoms with Gasteiger partial charge in [0.25, 0.3) is 10.0 Å². The zero-order valence-corrected chi connectivity index (χ0v) is 13.8. The summed E-state index contributed by atoms with van der Waals surface area (Å²) in [4.78, 5) is -0.0753. The molecule has 2 aromatic rings. The molecule has 0 spiro atoms. The first-order chi connectivity index (χ1) is 9.76. The predicted molar refractivity (Wildman–Crippen MR) is 81.8 cm³/mol. The molecule has 0 saturated heterocycles. The number of hydrogen-bond acceptors (Lipinski definition) is 4. The lowest BCUT2D eigenvalue weighted by Gasteiger charge is -2.12. The first-order valence-electron chi connectivity index (χ1n) is 5.81. The number of aromatic nitrogens is 2. The zero-order chi connectivity index (χ0) is 15.8. The van der Waals surface area contributed by atoms with Crippen LogP contribution in [0.4, 0.5) is 5.69 Å². The van der Waals surface area contributed by atoms with Crippen molar-refractivity contribution in [2.45, 2.75) is 11.8 Å². The average Bonchev–Trinajstić information content (AvgIpc) is 2.63. The van der Waals surface area contributed by atoms with Gasteiger partial charge in [0.1, 0.15) is 15.8 Å². The van der Waals surface area contributed by atoms with Gasteiger partial charge in [-0.05, 0) is 25.1 Å². The number of methoxy groups -OCH3 is 1. The van der Waals surface area contributed by atoms with Gasteiger partial charge in [-0.3, -0.25) is 9.40 Å². The van der Waals surface area contributed by atoms with Crippen LogP contribution >= 0.6 is 23.2 Å².